The van der Waals surface area contributed by atoms with Crippen LogP contribution in [-0.4, -0.2) is 46.4 Å². The Labute approximate surface area is 158 Å². The highest BCUT2D eigenvalue weighted by Gasteiger charge is 2.30. The fourth-order valence-electron chi connectivity index (χ4n) is 3.78. The molecule has 1 aromatic carbocycles. The number of amides is 2. The van der Waals surface area contributed by atoms with Crippen molar-refractivity contribution in [2.24, 2.45) is 0 Å². The number of para-hydroxylation sites is 1. The summed E-state index contributed by atoms with van der Waals surface area (Å²) in [7, 11) is 0. The lowest BCUT2D eigenvalue weighted by molar-refractivity contribution is -0.139. The van der Waals surface area contributed by atoms with Gasteiger partial charge in [0.2, 0.25) is 11.8 Å². The first-order valence-corrected chi connectivity index (χ1v) is 9.39. The van der Waals surface area contributed by atoms with E-state index in [1.165, 1.54) is 0 Å². The first kappa shape index (κ1) is 17.6. The van der Waals surface area contributed by atoms with Gasteiger partial charge >= 0.3 is 0 Å². The fraction of sp³-hybridized carbons (Fsp3) is 0.450. The number of nitrogens with one attached hydrogen (secondary N) is 1. The lowest BCUT2D eigenvalue weighted by atomic mass is 10.1. The van der Waals surface area contributed by atoms with Crippen LogP contribution in [0, 0.1) is 13.8 Å². The van der Waals surface area contributed by atoms with Gasteiger partial charge in [0, 0.05) is 31.6 Å². The second kappa shape index (κ2) is 7.06. The molecule has 0 unspecified atom stereocenters. The molecule has 0 aliphatic carbocycles. The van der Waals surface area contributed by atoms with Crippen molar-refractivity contribution in [1.82, 2.24) is 15.0 Å². The minimum absolute atomic E-state index is 0.0184. The van der Waals surface area contributed by atoms with Crippen molar-refractivity contribution in [2.45, 2.75) is 39.7 Å². The monoisotopic (exact) mass is 368 g/mol. The molecule has 1 saturated heterocycles. The Balaban J connectivity index is 1.50. The molecule has 3 heterocycles. The van der Waals surface area contributed by atoms with Crippen LogP contribution >= 0.6 is 0 Å². The molecule has 0 saturated carbocycles. The molecule has 2 amide bonds. The number of anilines is 2. The normalized spacial score (nSPS) is 16.6. The number of nitrogens with zero attached hydrogens (tertiary/aromatic N) is 3. The zero-order valence-electron chi connectivity index (χ0n) is 15.7. The quantitative estimate of drug-likeness (QED) is 0.897. The molecule has 1 N–H and O–H groups in total. The Bertz CT molecular complexity index is 869. The highest BCUT2D eigenvalue weighted by Crippen LogP contribution is 2.31. The molecule has 0 bridgehead atoms. The average molecular weight is 368 g/mol. The summed E-state index contributed by atoms with van der Waals surface area (Å²) in [6, 6.07) is 6.11. The molecule has 0 spiro atoms. The maximum absolute atomic E-state index is 12.7. The number of hydrogen-bond donors (Lipinski definition) is 1. The molecule has 0 atom stereocenters. The Kier molecular flexibility index (Phi) is 4.59. The number of hydrogen-bond acceptors (Lipinski definition) is 5. The zero-order chi connectivity index (χ0) is 19.0. The molecule has 0 radical (unpaired) electrons. The summed E-state index contributed by atoms with van der Waals surface area (Å²) in [4.78, 5) is 27.9. The smallest absolute Gasteiger partial charge is 0.242 e. The molecule has 7 heteroatoms. The van der Waals surface area contributed by atoms with Crippen molar-refractivity contribution < 1.29 is 14.1 Å². The number of aromatic nitrogens is 1. The van der Waals surface area contributed by atoms with Crippen LogP contribution in [0.15, 0.2) is 22.7 Å². The average Bonchev–Trinajstić information content (AvgIpc) is 3.24. The molecule has 2 aliphatic heterocycles. The van der Waals surface area contributed by atoms with E-state index in [0.29, 0.717) is 38.3 Å². The van der Waals surface area contributed by atoms with Gasteiger partial charge in [0.1, 0.15) is 5.76 Å². The lowest BCUT2D eigenvalue weighted by Gasteiger charge is -2.28. The van der Waals surface area contributed by atoms with Crippen LogP contribution in [0.2, 0.25) is 0 Å². The van der Waals surface area contributed by atoms with Gasteiger partial charge in [-0.1, -0.05) is 23.4 Å². The molecule has 27 heavy (non-hydrogen) atoms. The van der Waals surface area contributed by atoms with Crippen molar-refractivity contribution in [3.63, 3.8) is 0 Å². The van der Waals surface area contributed by atoms with Gasteiger partial charge in [-0.05, 0) is 31.4 Å². The number of carbonyl (C=O) groups excluding carboxylic acids is 2. The summed E-state index contributed by atoms with van der Waals surface area (Å²) in [5, 5.41) is 7.58. The summed E-state index contributed by atoms with van der Waals surface area (Å²) in [5.74, 6) is 1.54. The zero-order valence-corrected chi connectivity index (χ0v) is 15.7. The molecule has 4 rings (SSSR count). The standard InChI is InChI=1S/C20H24N4O3/c1-13-5-3-6-14(2)19(13)21-20-15-11-24(10-8-16(15)27-22-20)18(26)12-23-9-4-7-17(23)25/h3,5-6H,4,7-12H2,1-2H3,(H,21,22). The van der Waals surface area contributed by atoms with E-state index in [1.807, 2.05) is 32.0 Å². The number of aryl methyl sites for hydroxylation is 2. The van der Waals surface area contributed by atoms with Gasteiger partial charge in [-0.2, -0.15) is 0 Å². The van der Waals surface area contributed by atoms with E-state index in [1.54, 1.807) is 9.80 Å². The van der Waals surface area contributed by atoms with Gasteiger partial charge < -0.3 is 19.6 Å². The van der Waals surface area contributed by atoms with Gasteiger partial charge in [0.15, 0.2) is 5.82 Å². The molecule has 1 fully saturated rings. The minimum Gasteiger partial charge on any atom is -0.359 e. The second-order valence-corrected chi connectivity index (χ2v) is 7.31. The third kappa shape index (κ3) is 3.41. The third-order valence-corrected chi connectivity index (χ3v) is 5.40. The van der Waals surface area contributed by atoms with E-state index in [0.717, 1.165) is 34.6 Å². The van der Waals surface area contributed by atoms with Crippen LogP contribution in [0.1, 0.15) is 35.3 Å². The van der Waals surface area contributed by atoms with Gasteiger partial charge in [-0.15, -0.1) is 0 Å². The Morgan fingerprint density at radius 2 is 2.00 bits per heavy atom. The van der Waals surface area contributed by atoms with Crippen molar-refractivity contribution >= 4 is 23.3 Å². The van der Waals surface area contributed by atoms with Crippen LogP contribution in [0.5, 0.6) is 0 Å². The van der Waals surface area contributed by atoms with Gasteiger partial charge in [-0.25, -0.2) is 0 Å². The SMILES string of the molecule is Cc1cccc(C)c1Nc1noc2c1CN(C(=O)CN1CCCC1=O)CC2. The molecule has 1 aromatic heterocycles. The van der Waals surface area contributed by atoms with Gasteiger partial charge in [0.25, 0.3) is 0 Å². The van der Waals surface area contributed by atoms with E-state index in [-0.39, 0.29) is 18.4 Å². The van der Waals surface area contributed by atoms with E-state index in [4.69, 9.17) is 4.52 Å². The number of rotatable bonds is 4. The largest absolute Gasteiger partial charge is 0.359 e. The molecular formula is C20H24N4O3. The molecule has 142 valence electrons. The Hall–Kier alpha value is -2.83. The maximum atomic E-state index is 12.7. The van der Waals surface area contributed by atoms with Crippen LogP contribution in [0.4, 0.5) is 11.5 Å². The van der Waals surface area contributed by atoms with Crippen molar-refractivity contribution in [3.8, 4) is 0 Å². The Morgan fingerprint density at radius 1 is 1.22 bits per heavy atom. The third-order valence-electron chi connectivity index (χ3n) is 5.40. The molecular weight excluding hydrogens is 344 g/mol. The highest BCUT2D eigenvalue weighted by atomic mass is 16.5. The predicted molar refractivity (Wildman–Crippen MR) is 101 cm³/mol. The van der Waals surface area contributed by atoms with Crippen molar-refractivity contribution in [3.05, 3.63) is 40.6 Å². The Morgan fingerprint density at radius 3 is 2.70 bits per heavy atom. The summed E-state index contributed by atoms with van der Waals surface area (Å²) >= 11 is 0. The van der Waals surface area contributed by atoms with E-state index < -0.39 is 0 Å². The van der Waals surface area contributed by atoms with Crippen LogP contribution in [-0.2, 0) is 22.6 Å². The van der Waals surface area contributed by atoms with Crippen molar-refractivity contribution in [2.75, 3.05) is 25.0 Å². The van der Waals surface area contributed by atoms with E-state index >= 15 is 0 Å². The molecule has 7 nitrogen and oxygen atoms in total. The predicted octanol–water partition coefficient (Wildman–Crippen LogP) is 2.54. The molecule has 2 aromatic rings. The van der Waals surface area contributed by atoms with E-state index in [9.17, 15) is 9.59 Å². The minimum atomic E-state index is -0.0184. The van der Waals surface area contributed by atoms with Crippen LogP contribution < -0.4 is 5.32 Å². The number of carbonyl (C=O) groups is 2. The lowest BCUT2D eigenvalue weighted by Crippen LogP contribution is -2.43. The summed E-state index contributed by atoms with van der Waals surface area (Å²) in [6.07, 6.45) is 2.02. The number of likely N-dealkylation sites (tertiary alicyclic amines) is 1. The van der Waals surface area contributed by atoms with Crippen LogP contribution in [0.3, 0.4) is 0 Å². The summed E-state index contributed by atoms with van der Waals surface area (Å²) in [6.45, 7) is 5.98. The summed E-state index contributed by atoms with van der Waals surface area (Å²) in [5.41, 5.74) is 4.19. The fourth-order valence-corrected chi connectivity index (χ4v) is 3.78. The highest BCUT2D eigenvalue weighted by molar-refractivity contribution is 5.86. The maximum Gasteiger partial charge on any atom is 0.242 e. The number of benzene rings is 1. The second-order valence-electron chi connectivity index (χ2n) is 7.31. The summed E-state index contributed by atoms with van der Waals surface area (Å²) < 4.78 is 5.50. The topological polar surface area (TPSA) is 78.7 Å². The van der Waals surface area contributed by atoms with Gasteiger partial charge in [-0.3, -0.25) is 9.59 Å². The first-order valence-electron chi connectivity index (χ1n) is 9.39. The molecule has 2 aliphatic rings. The van der Waals surface area contributed by atoms with Crippen LogP contribution in [0.25, 0.3) is 0 Å². The van der Waals surface area contributed by atoms with E-state index in [2.05, 4.69) is 10.5 Å². The van der Waals surface area contributed by atoms with Gasteiger partial charge in [0.05, 0.1) is 18.7 Å². The number of fused-ring (bicyclic) bond motifs is 1. The van der Waals surface area contributed by atoms with Crippen molar-refractivity contribution in [1.29, 1.82) is 0 Å². The first-order chi connectivity index (χ1) is 13.0.